The molecular formula is C13H15ClFNO. The van der Waals surface area contributed by atoms with Crippen LogP contribution in [0, 0.1) is 11.7 Å². The third-order valence-corrected chi connectivity index (χ3v) is 3.53. The van der Waals surface area contributed by atoms with E-state index in [2.05, 4.69) is 0 Å². The molecular weight excluding hydrogens is 241 g/mol. The van der Waals surface area contributed by atoms with E-state index in [1.165, 1.54) is 12.1 Å². The van der Waals surface area contributed by atoms with Crippen LogP contribution in [0.2, 0.25) is 0 Å². The molecule has 1 aliphatic heterocycles. The van der Waals surface area contributed by atoms with Crippen LogP contribution in [0.4, 0.5) is 4.39 Å². The average molecular weight is 256 g/mol. The highest BCUT2D eigenvalue weighted by molar-refractivity contribution is 6.18. The van der Waals surface area contributed by atoms with Crippen LogP contribution in [0.3, 0.4) is 0 Å². The number of halogens is 2. The molecule has 0 spiro atoms. The number of hydrogen-bond acceptors (Lipinski definition) is 1. The van der Waals surface area contributed by atoms with E-state index >= 15 is 0 Å². The van der Waals surface area contributed by atoms with Crippen molar-refractivity contribution in [1.82, 2.24) is 4.90 Å². The van der Waals surface area contributed by atoms with Gasteiger partial charge in [-0.25, -0.2) is 4.39 Å². The normalized spacial score (nSPS) is 20.4. The van der Waals surface area contributed by atoms with Crippen molar-refractivity contribution in [2.24, 2.45) is 5.92 Å². The molecule has 17 heavy (non-hydrogen) atoms. The molecule has 0 aromatic heterocycles. The Kier molecular flexibility index (Phi) is 4.00. The summed E-state index contributed by atoms with van der Waals surface area (Å²) < 4.78 is 13.0. The van der Waals surface area contributed by atoms with Gasteiger partial charge in [-0.2, -0.15) is 0 Å². The van der Waals surface area contributed by atoms with Gasteiger partial charge in [0.25, 0.3) is 5.91 Å². The van der Waals surface area contributed by atoms with Gasteiger partial charge >= 0.3 is 0 Å². The minimum Gasteiger partial charge on any atom is -0.338 e. The summed E-state index contributed by atoms with van der Waals surface area (Å²) >= 11 is 5.82. The summed E-state index contributed by atoms with van der Waals surface area (Å²) in [6.45, 7) is 1.42. The number of carbonyl (C=O) groups is 1. The minimum atomic E-state index is -0.373. The van der Waals surface area contributed by atoms with E-state index in [9.17, 15) is 9.18 Å². The summed E-state index contributed by atoms with van der Waals surface area (Å²) in [5.74, 6) is 0.469. The first-order valence-corrected chi connectivity index (χ1v) is 6.35. The Balaban J connectivity index is 2.09. The van der Waals surface area contributed by atoms with E-state index in [1.54, 1.807) is 17.0 Å². The lowest BCUT2D eigenvalue weighted by Crippen LogP contribution is -2.40. The van der Waals surface area contributed by atoms with Crippen molar-refractivity contribution in [3.05, 3.63) is 35.6 Å². The van der Waals surface area contributed by atoms with Crippen LogP contribution >= 0.6 is 11.6 Å². The van der Waals surface area contributed by atoms with E-state index < -0.39 is 0 Å². The zero-order valence-electron chi connectivity index (χ0n) is 9.53. The Hall–Kier alpha value is -1.09. The van der Waals surface area contributed by atoms with Crippen LogP contribution < -0.4 is 0 Å². The molecule has 92 valence electrons. The number of hydrogen-bond donors (Lipinski definition) is 0. The summed E-state index contributed by atoms with van der Waals surface area (Å²) in [4.78, 5) is 13.9. The van der Waals surface area contributed by atoms with Crippen molar-refractivity contribution in [2.45, 2.75) is 12.8 Å². The van der Waals surface area contributed by atoms with Crippen LogP contribution in [0.15, 0.2) is 24.3 Å². The lowest BCUT2D eigenvalue weighted by molar-refractivity contribution is 0.0684. The molecule has 0 N–H and O–H groups in total. The fourth-order valence-corrected chi connectivity index (χ4v) is 2.43. The van der Waals surface area contributed by atoms with Crippen molar-refractivity contribution in [1.29, 1.82) is 0 Å². The van der Waals surface area contributed by atoms with Crippen molar-refractivity contribution in [3.63, 3.8) is 0 Å². The molecule has 1 unspecified atom stereocenters. The highest BCUT2D eigenvalue weighted by Gasteiger charge is 2.23. The molecule has 2 rings (SSSR count). The maximum atomic E-state index is 13.0. The Morgan fingerprint density at radius 1 is 1.53 bits per heavy atom. The highest BCUT2D eigenvalue weighted by Crippen LogP contribution is 2.19. The second kappa shape index (κ2) is 5.50. The summed E-state index contributed by atoms with van der Waals surface area (Å²) in [6, 6.07) is 5.84. The predicted octanol–water partition coefficient (Wildman–Crippen LogP) is 2.92. The lowest BCUT2D eigenvalue weighted by Gasteiger charge is -2.31. The molecule has 0 aliphatic carbocycles. The first-order valence-electron chi connectivity index (χ1n) is 5.81. The Morgan fingerprint density at radius 3 is 3.06 bits per heavy atom. The van der Waals surface area contributed by atoms with E-state index in [-0.39, 0.29) is 11.7 Å². The Morgan fingerprint density at radius 2 is 2.35 bits per heavy atom. The van der Waals surface area contributed by atoms with Crippen LogP contribution in [-0.4, -0.2) is 29.8 Å². The minimum absolute atomic E-state index is 0.0979. The third-order valence-electron chi connectivity index (χ3n) is 3.10. The third kappa shape index (κ3) is 2.97. The number of benzene rings is 1. The van der Waals surface area contributed by atoms with E-state index in [1.807, 2.05) is 0 Å². The predicted molar refractivity (Wildman–Crippen MR) is 65.7 cm³/mol. The average Bonchev–Trinajstić information content (AvgIpc) is 2.38. The number of likely N-dealkylation sites (tertiary alicyclic amines) is 1. The van der Waals surface area contributed by atoms with Crippen molar-refractivity contribution in [3.8, 4) is 0 Å². The van der Waals surface area contributed by atoms with E-state index in [0.717, 1.165) is 19.4 Å². The zero-order valence-corrected chi connectivity index (χ0v) is 10.3. The Bertz CT molecular complexity index is 410. The van der Waals surface area contributed by atoms with Gasteiger partial charge < -0.3 is 4.90 Å². The molecule has 4 heteroatoms. The first-order chi connectivity index (χ1) is 8.20. The first kappa shape index (κ1) is 12.4. The SMILES string of the molecule is O=C(c1cccc(F)c1)N1CCCC(CCl)C1. The zero-order chi connectivity index (χ0) is 12.3. The molecule has 2 nitrogen and oxygen atoms in total. The van der Waals surface area contributed by atoms with Gasteiger partial charge in [0.1, 0.15) is 5.82 Å². The van der Waals surface area contributed by atoms with E-state index in [4.69, 9.17) is 11.6 Å². The molecule has 0 saturated carbocycles. The van der Waals surface area contributed by atoms with Crippen LogP contribution in [-0.2, 0) is 0 Å². The summed E-state index contributed by atoms with van der Waals surface area (Å²) in [6.07, 6.45) is 2.04. The van der Waals surface area contributed by atoms with Gasteiger partial charge in [-0.15, -0.1) is 11.6 Å². The standard InChI is InChI=1S/C13H15ClFNO/c14-8-10-3-2-6-16(9-10)13(17)11-4-1-5-12(15)7-11/h1,4-5,7,10H,2-3,6,8-9H2. The molecule has 1 amide bonds. The van der Waals surface area contributed by atoms with Gasteiger partial charge in [0.15, 0.2) is 0 Å². The monoisotopic (exact) mass is 255 g/mol. The highest BCUT2D eigenvalue weighted by atomic mass is 35.5. The van der Waals surface area contributed by atoms with Crippen LogP contribution in [0.5, 0.6) is 0 Å². The summed E-state index contributed by atoms with van der Waals surface area (Å²) in [5.41, 5.74) is 0.417. The molecule has 0 radical (unpaired) electrons. The molecule has 1 aromatic carbocycles. The van der Waals surface area contributed by atoms with Gasteiger partial charge in [0, 0.05) is 24.5 Å². The van der Waals surface area contributed by atoms with Crippen molar-refractivity contribution >= 4 is 17.5 Å². The molecule has 1 fully saturated rings. The number of piperidine rings is 1. The largest absolute Gasteiger partial charge is 0.338 e. The van der Waals surface area contributed by atoms with Gasteiger partial charge in [-0.05, 0) is 37.0 Å². The van der Waals surface area contributed by atoms with Gasteiger partial charge in [0.2, 0.25) is 0 Å². The van der Waals surface area contributed by atoms with Crippen molar-refractivity contribution < 1.29 is 9.18 Å². The maximum absolute atomic E-state index is 13.0. The van der Waals surface area contributed by atoms with Gasteiger partial charge in [-0.3, -0.25) is 4.79 Å². The second-order valence-electron chi connectivity index (χ2n) is 4.42. The van der Waals surface area contributed by atoms with Gasteiger partial charge in [0.05, 0.1) is 0 Å². The smallest absolute Gasteiger partial charge is 0.253 e. The number of amides is 1. The number of nitrogens with zero attached hydrogens (tertiary/aromatic N) is 1. The van der Waals surface area contributed by atoms with Crippen molar-refractivity contribution in [2.75, 3.05) is 19.0 Å². The molecule has 0 bridgehead atoms. The fourth-order valence-electron chi connectivity index (χ4n) is 2.18. The number of rotatable bonds is 2. The van der Waals surface area contributed by atoms with Crippen LogP contribution in [0.1, 0.15) is 23.2 Å². The molecule has 1 aliphatic rings. The maximum Gasteiger partial charge on any atom is 0.253 e. The molecule has 1 heterocycles. The lowest BCUT2D eigenvalue weighted by atomic mass is 9.99. The van der Waals surface area contributed by atoms with E-state index in [0.29, 0.717) is 23.9 Å². The molecule has 1 saturated heterocycles. The summed E-state index contributed by atoms with van der Waals surface area (Å²) in [5, 5.41) is 0. The number of carbonyl (C=O) groups excluding carboxylic acids is 1. The summed E-state index contributed by atoms with van der Waals surface area (Å²) in [7, 11) is 0. The van der Waals surface area contributed by atoms with Crippen LogP contribution in [0.25, 0.3) is 0 Å². The Labute approximate surface area is 105 Å². The topological polar surface area (TPSA) is 20.3 Å². The molecule has 1 atom stereocenters. The molecule has 1 aromatic rings. The second-order valence-corrected chi connectivity index (χ2v) is 4.73. The fraction of sp³-hybridized carbons (Fsp3) is 0.462. The quantitative estimate of drug-likeness (QED) is 0.744. The number of alkyl halides is 1. The van der Waals surface area contributed by atoms with Gasteiger partial charge in [-0.1, -0.05) is 6.07 Å².